The predicted molar refractivity (Wildman–Crippen MR) is 110 cm³/mol. The van der Waals surface area contributed by atoms with Crippen molar-refractivity contribution in [2.75, 3.05) is 5.32 Å². The Hall–Kier alpha value is -2.32. The molecule has 0 aromatic heterocycles. The molecule has 0 saturated heterocycles. The summed E-state index contributed by atoms with van der Waals surface area (Å²) in [5.41, 5.74) is 0.346. The number of alkyl halides is 3. The summed E-state index contributed by atoms with van der Waals surface area (Å²) in [7, 11) is 0. The first-order valence-corrected chi connectivity index (χ1v) is 9.90. The van der Waals surface area contributed by atoms with Gasteiger partial charge in [-0.25, -0.2) is 4.39 Å². The molecule has 0 aliphatic carbocycles. The molecule has 31 heavy (non-hydrogen) atoms. The average molecular weight is 480 g/mol. The Morgan fingerprint density at radius 2 is 1.68 bits per heavy atom. The highest BCUT2D eigenvalue weighted by Gasteiger charge is 2.45. The van der Waals surface area contributed by atoms with E-state index in [1.807, 2.05) is 0 Å². The van der Waals surface area contributed by atoms with E-state index in [2.05, 4.69) is 5.32 Å². The third-order valence-electron chi connectivity index (χ3n) is 4.85. The fourth-order valence-electron chi connectivity index (χ4n) is 3.01. The van der Waals surface area contributed by atoms with Gasteiger partial charge in [-0.05, 0) is 41.8 Å². The third kappa shape index (κ3) is 6.33. The highest BCUT2D eigenvalue weighted by Crippen LogP contribution is 2.39. The van der Waals surface area contributed by atoms with Gasteiger partial charge in [0.25, 0.3) is 0 Å². The Balaban J connectivity index is 2.39. The van der Waals surface area contributed by atoms with Gasteiger partial charge in [-0.2, -0.15) is 13.2 Å². The van der Waals surface area contributed by atoms with Crippen LogP contribution in [-0.2, 0) is 16.0 Å². The first-order valence-electron chi connectivity index (χ1n) is 9.15. The Morgan fingerprint density at radius 3 is 2.23 bits per heavy atom. The molecule has 4 nitrogen and oxygen atoms in total. The van der Waals surface area contributed by atoms with Gasteiger partial charge in [-0.3, -0.25) is 9.59 Å². The Labute approximate surface area is 186 Å². The summed E-state index contributed by atoms with van der Waals surface area (Å²) in [6, 6.07) is 7.40. The van der Waals surface area contributed by atoms with Crippen LogP contribution in [0, 0.1) is 17.7 Å². The lowest BCUT2D eigenvalue weighted by Crippen LogP contribution is -2.34. The number of nitrogens with one attached hydrogen (secondary N) is 1. The van der Waals surface area contributed by atoms with Gasteiger partial charge in [-0.15, -0.1) is 0 Å². The SMILES string of the molecule is C[C@H]([C@H](C(=O)Nc1cc(C[C@H](C)C(=O)O)ccc1Cl)c1ccc(Cl)c(F)c1)C(F)(F)F. The number of aliphatic carboxylic acids is 1. The number of halogens is 6. The van der Waals surface area contributed by atoms with Crippen molar-refractivity contribution >= 4 is 40.8 Å². The lowest BCUT2D eigenvalue weighted by Gasteiger charge is -2.26. The van der Waals surface area contributed by atoms with E-state index >= 15 is 0 Å². The largest absolute Gasteiger partial charge is 0.481 e. The number of anilines is 1. The van der Waals surface area contributed by atoms with Crippen LogP contribution in [0.1, 0.15) is 30.9 Å². The highest BCUT2D eigenvalue weighted by molar-refractivity contribution is 6.33. The van der Waals surface area contributed by atoms with Crippen molar-refractivity contribution in [2.24, 2.45) is 11.8 Å². The standard InChI is InChI=1S/C21H19Cl2F4NO3/c1-10(20(30)31)7-12-3-5-15(23)17(8-12)28-19(29)18(11(2)21(25,26)27)13-4-6-14(22)16(24)9-13/h3-6,8-11,18H,7H2,1-2H3,(H,28,29)(H,30,31)/t10-,11+,18-/m0/s1. The first-order chi connectivity index (χ1) is 14.3. The minimum atomic E-state index is -4.74. The molecule has 0 radical (unpaired) electrons. The average Bonchev–Trinajstić information content (AvgIpc) is 2.66. The Kier molecular flexibility index (Phi) is 7.94. The van der Waals surface area contributed by atoms with Crippen LogP contribution in [0.2, 0.25) is 10.0 Å². The molecule has 0 unspecified atom stereocenters. The number of carbonyl (C=O) groups excluding carboxylic acids is 1. The quantitative estimate of drug-likeness (QED) is 0.456. The number of rotatable bonds is 7. The molecule has 2 aromatic carbocycles. The molecule has 2 N–H and O–H groups in total. The third-order valence-corrected chi connectivity index (χ3v) is 5.49. The Morgan fingerprint density at radius 1 is 1.06 bits per heavy atom. The molecular formula is C21H19Cl2F4NO3. The molecule has 10 heteroatoms. The minimum absolute atomic E-state index is 0.0237. The normalized spacial score (nSPS) is 14.6. The molecule has 0 bridgehead atoms. The molecule has 0 spiro atoms. The van der Waals surface area contributed by atoms with Crippen LogP contribution in [0.3, 0.4) is 0 Å². The van der Waals surface area contributed by atoms with Gasteiger partial charge in [0.1, 0.15) is 5.82 Å². The van der Waals surface area contributed by atoms with Gasteiger partial charge in [0.15, 0.2) is 0 Å². The molecule has 0 aliphatic rings. The van der Waals surface area contributed by atoms with Crippen molar-refractivity contribution in [2.45, 2.75) is 32.4 Å². The highest BCUT2D eigenvalue weighted by atomic mass is 35.5. The number of hydrogen-bond donors (Lipinski definition) is 2. The number of carbonyl (C=O) groups is 2. The summed E-state index contributed by atoms with van der Waals surface area (Å²) < 4.78 is 54.2. The van der Waals surface area contributed by atoms with E-state index in [0.29, 0.717) is 5.56 Å². The molecule has 1 amide bonds. The van der Waals surface area contributed by atoms with E-state index in [1.54, 1.807) is 6.07 Å². The Bertz CT molecular complexity index is 982. The molecule has 0 aliphatic heterocycles. The fraction of sp³-hybridized carbons (Fsp3) is 0.333. The van der Waals surface area contributed by atoms with Crippen molar-refractivity contribution < 1.29 is 32.3 Å². The molecule has 0 fully saturated rings. The van der Waals surface area contributed by atoms with Gasteiger partial charge in [0.05, 0.1) is 33.5 Å². The second kappa shape index (κ2) is 9.87. The zero-order valence-electron chi connectivity index (χ0n) is 16.4. The summed E-state index contributed by atoms with van der Waals surface area (Å²) in [6.07, 6.45) is -4.61. The molecule has 2 rings (SSSR count). The van der Waals surface area contributed by atoms with Gasteiger partial charge < -0.3 is 10.4 Å². The van der Waals surface area contributed by atoms with Crippen LogP contribution in [0.4, 0.5) is 23.2 Å². The predicted octanol–water partition coefficient (Wildman–Crippen LogP) is 6.32. The van der Waals surface area contributed by atoms with Crippen LogP contribution >= 0.6 is 23.2 Å². The monoisotopic (exact) mass is 479 g/mol. The number of benzene rings is 2. The second-order valence-electron chi connectivity index (χ2n) is 7.23. The van der Waals surface area contributed by atoms with E-state index in [1.165, 1.54) is 19.1 Å². The zero-order chi connectivity index (χ0) is 23.5. The van der Waals surface area contributed by atoms with Crippen LogP contribution in [0.15, 0.2) is 36.4 Å². The van der Waals surface area contributed by atoms with Crippen molar-refractivity contribution in [3.63, 3.8) is 0 Å². The van der Waals surface area contributed by atoms with Crippen LogP contribution in [-0.4, -0.2) is 23.2 Å². The van der Waals surface area contributed by atoms with E-state index in [0.717, 1.165) is 25.1 Å². The van der Waals surface area contributed by atoms with Gasteiger partial charge in [-0.1, -0.05) is 49.2 Å². The van der Waals surface area contributed by atoms with E-state index in [-0.39, 0.29) is 27.7 Å². The van der Waals surface area contributed by atoms with E-state index in [4.69, 9.17) is 28.3 Å². The number of carboxylic acid groups (broad SMARTS) is 1. The lowest BCUT2D eigenvalue weighted by atomic mass is 9.85. The number of hydrogen-bond acceptors (Lipinski definition) is 2. The van der Waals surface area contributed by atoms with Crippen molar-refractivity contribution in [1.82, 2.24) is 0 Å². The van der Waals surface area contributed by atoms with E-state index < -0.39 is 41.6 Å². The molecule has 168 valence electrons. The first kappa shape index (κ1) is 24.9. The molecule has 3 atom stereocenters. The number of amides is 1. The second-order valence-corrected chi connectivity index (χ2v) is 8.04. The summed E-state index contributed by atoms with van der Waals surface area (Å²) in [5.74, 6) is -7.65. The van der Waals surface area contributed by atoms with Gasteiger partial charge in [0.2, 0.25) is 5.91 Å². The molecule has 0 heterocycles. The van der Waals surface area contributed by atoms with Crippen molar-refractivity contribution in [3.05, 3.63) is 63.4 Å². The molecule has 2 aromatic rings. The zero-order valence-corrected chi connectivity index (χ0v) is 17.9. The van der Waals surface area contributed by atoms with Gasteiger partial charge >= 0.3 is 12.1 Å². The molecular weight excluding hydrogens is 461 g/mol. The van der Waals surface area contributed by atoms with Crippen LogP contribution in [0.25, 0.3) is 0 Å². The van der Waals surface area contributed by atoms with Crippen LogP contribution in [0.5, 0.6) is 0 Å². The van der Waals surface area contributed by atoms with Crippen LogP contribution < -0.4 is 5.32 Å². The number of carboxylic acids is 1. The van der Waals surface area contributed by atoms with Gasteiger partial charge in [0, 0.05) is 0 Å². The van der Waals surface area contributed by atoms with Crippen molar-refractivity contribution in [3.8, 4) is 0 Å². The summed E-state index contributed by atoms with van der Waals surface area (Å²) in [6.45, 7) is 2.31. The summed E-state index contributed by atoms with van der Waals surface area (Å²) in [4.78, 5) is 23.9. The summed E-state index contributed by atoms with van der Waals surface area (Å²) >= 11 is 11.7. The fourth-order valence-corrected chi connectivity index (χ4v) is 3.29. The maximum Gasteiger partial charge on any atom is 0.392 e. The molecule has 0 saturated carbocycles. The van der Waals surface area contributed by atoms with E-state index in [9.17, 15) is 27.2 Å². The maximum atomic E-state index is 13.9. The maximum absolute atomic E-state index is 13.9. The smallest absolute Gasteiger partial charge is 0.392 e. The minimum Gasteiger partial charge on any atom is -0.481 e. The lowest BCUT2D eigenvalue weighted by molar-refractivity contribution is -0.178. The van der Waals surface area contributed by atoms with Crippen molar-refractivity contribution in [1.29, 1.82) is 0 Å². The summed E-state index contributed by atoms with van der Waals surface area (Å²) in [5, 5.41) is 11.2. The topological polar surface area (TPSA) is 66.4 Å².